The van der Waals surface area contributed by atoms with E-state index in [1.807, 2.05) is 0 Å². The maximum Gasteiger partial charge on any atom is 0.289 e. The average molecular weight is 490 g/mol. The van der Waals surface area contributed by atoms with Gasteiger partial charge in [-0.25, -0.2) is 8.42 Å². The second kappa shape index (κ2) is 9.30. The fourth-order valence-electron chi connectivity index (χ4n) is 4.63. The number of carbonyl (C=O) groups excluding carboxylic acids is 2. The molecule has 0 saturated carbocycles. The van der Waals surface area contributed by atoms with Crippen molar-refractivity contribution in [2.75, 3.05) is 52.5 Å². The number of piperidine rings is 1. The van der Waals surface area contributed by atoms with Crippen LogP contribution in [-0.2, 0) is 14.8 Å². The van der Waals surface area contributed by atoms with Crippen molar-refractivity contribution in [1.29, 1.82) is 0 Å². The normalized spacial score (nSPS) is 19.8. The van der Waals surface area contributed by atoms with Crippen LogP contribution in [0.5, 0.6) is 11.5 Å². The van der Waals surface area contributed by atoms with Crippen molar-refractivity contribution in [3.8, 4) is 11.5 Å². The number of fused-ring (bicyclic) bond motifs is 1. The Morgan fingerprint density at radius 3 is 2.24 bits per heavy atom. The largest absolute Gasteiger partial charge is 0.486 e. The quantitative estimate of drug-likeness (QED) is 0.639. The number of furan rings is 1. The fraction of sp³-hybridized carbons (Fsp3) is 0.478. The zero-order valence-corrected chi connectivity index (χ0v) is 19.5. The van der Waals surface area contributed by atoms with Crippen LogP contribution in [0.15, 0.2) is 45.9 Å². The summed E-state index contributed by atoms with van der Waals surface area (Å²) in [5, 5.41) is 0. The topological polar surface area (TPSA) is 110 Å². The summed E-state index contributed by atoms with van der Waals surface area (Å²) in [7, 11) is -3.70. The van der Waals surface area contributed by atoms with Gasteiger partial charge in [0.25, 0.3) is 5.91 Å². The first kappa shape index (κ1) is 22.7. The Balaban J connectivity index is 1.15. The first-order chi connectivity index (χ1) is 16.4. The molecule has 0 aliphatic carbocycles. The Morgan fingerprint density at radius 2 is 1.56 bits per heavy atom. The van der Waals surface area contributed by atoms with E-state index in [0.717, 1.165) is 0 Å². The molecule has 1 aromatic heterocycles. The van der Waals surface area contributed by atoms with Crippen LogP contribution < -0.4 is 9.47 Å². The predicted molar refractivity (Wildman–Crippen MR) is 120 cm³/mol. The van der Waals surface area contributed by atoms with Crippen LogP contribution in [-0.4, -0.2) is 86.8 Å². The van der Waals surface area contributed by atoms with E-state index in [-0.39, 0.29) is 35.7 Å². The summed E-state index contributed by atoms with van der Waals surface area (Å²) >= 11 is 0. The molecule has 182 valence electrons. The minimum atomic E-state index is -3.70. The van der Waals surface area contributed by atoms with Crippen molar-refractivity contribution in [3.63, 3.8) is 0 Å². The van der Waals surface area contributed by atoms with Crippen LogP contribution in [0.25, 0.3) is 0 Å². The maximum absolute atomic E-state index is 13.1. The highest BCUT2D eigenvalue weighted by atomic mass is 32.2. The number of likely N-dealkylation sites (tertiary alicyclic amines) is 1. The van der Waals surface area contributed by atoms with Gasteiger partial charge in [0.1, 0.15) is 13.2 Å². The number of benzene rings is 1. The van der Waals surface area contributed by atoms with Gasteiger partial charge in [0.2, 0.25) is 15.9 Å². The molecule has 1 aromatic carbocycles. The second-order valence-electron chi connectivity index (χ2n) is 8.58. The number of amides is 2. The average Bonchev–Trinajstić information content (AvgIpc) is 3.43. The minimum Gasteiger partial charge on any atom is -0.486 e. The molecule has 2 saturated heterocycles. The van der Waals surface area contributed by atoms with Gasteiger partial charge >= 0.3 is 0 Å². The molecule has 0 spiro atoms. The van der Waals surface area contributed by atoms with Crippen molar-refractivity contribution in [1.82, 2.24) is 14.1 Å². The summed E-state index contributed by atoms with van der Waals surface area (Å²) in [4.78, 5) is 29.1. The SMILES string of the molecule is O=C(c1ccco1)N1CCC(C(=O)N2CCN(S(=O)(=O)c3ccc4c(c3)OCCO4)CC2)CC1. The number of carbonyl (C=O) groups is 2. The van der Waals surface area contributed by atoms with E-state index in [0.29, 0.717) is 69.5 Å². The van der Waals surface area contributed by atoms with Crippen LogP contribution in [0, 0.1) is 5.92 Å². The molecule has 2 fully saturated rings. The number of hydrogen-bond acceptors (Lipinski definition) is 7. The van der Waals surface area contributed by atoms with Gasteiger partial charge in [-0.05, 0) is 37.1 Å². The van der Waals surface area contributed by atoms with Crippen LogP contribution in [0.1, 0.15) is 23.4 Å². The number of hydrogen-bond donors (Lipinski definition) is 0. The number of piperazine rings is 1. The molecule has 10 nitrogen and oxygen atoms in total. The Kier molecular flexibility index (Phi) is 6.22. The Hall–Kier alpha value is -3.05. The van der Waals surface area contributed by atoms with E-state index in [4.69, 9.17) is 13.9 Å². The molecule has 0 N–H and O–H groups in total. The summed E-state index contributed by atoms with van der Waals surface area (Å²) in [5.41, 5.74) is 0. The third kappa shape index (κ3) is 4.37. The molecule has 4 heterocycles. The molecule has 0 bridgehead atoms. The van der Waals surface area contributed by atoms with E-state index in [2.05, 4.69) is 0 Å². The molecule has 5 rings (SSSR count). The molecule has 0 atom stereocenters. The molecular formula is C23H27N3O7S. The van der Waals surface area contributed by atoms with Crippen LogP contribution in [0.3, 0.4) is 0 Å². The number of sulfonamides is 1. The zero-order chi connectivity index (χ0) is 23.7. The molecular weight excluding hydrogens is 462 g/mol. The molecule has 3 aliphatic rings. The van der Waals surface area contributed by atoms with Gasteiger partial charge in [0.15, 0.2) is 17.3 Å². The summed E-state index contributed by atoms with van der Waals surface area (Å²) in [6.07, 6.45) is 2.64. The highest BCUT2D eigenvalue weighted by molar-refractivity contribution is 7.89. The number of nitrogens with zero attached hydrogens (tertiary/aromatic N) is 3. The van der Waals surface area contributed by atoms with Crippen molar-refractivity contribution < 1.29 is 31.9 Å². The van der Waals surface area contributed by atoms with Crippen molar-refractivity contribution in [2.24, 2.45) is 5.92 Å². The van der Waals surface area contributed by atoms with E-state index in [1.54, 1.807) is 28.0 Å². The van der Waals surface area contributed by atoms with Gasteiger partial charge in [-0.2, -0.15) is 4.31 Å². The summed E-state index contributed by atoms with van der Waals surface area (Å²) in [6, 6.07) is 7.96. The molecule has 0 unspecified atom stereocenters. The Bertz CT molecular complexity index is 1150. The lowest BCUT2D eigenvalue weighted by Gasteiger charge is -2.38. The minimum absolute atomic E-state index is 0.0291. The Morgan fingerprint density at radius 1 is 0.853 bits per heavy atom. The number of rotatable bonds is 4. The highest BCUT2D eigenvalue weighted by Gasteiger charge is 2.35. The lowest BCUT2D eigenvalue weighted by atomic mass is 9.95. The molecule has 11 heteroatoms. The first-order valence-corrected chi connectivity index (χ1v) is 12.9. The zero-order valence-electron chi connectivity index (χ0n) is 18.7. The van der Waals surface area contributed by atoms with Crippen LogP contribution >= 0.6 is 0 Å². The lowest BCUT2D eigenvalue weighted by molar-refractivity contribution is -0.138. The molecule has 34 heavy (non-hydrogen) atoms. The second-order valence-corrected chi connectivity index (χ2v) is 10.5. The summed E-state index contributed by atoms with van der Waals surface area (Å²) in [5.74, 6) is 0.979. The van der Waals surface area contributed by atoms with Gasteiger partial charge in [0, 0.05) is 51.3 Å². The van der Waals surface area contributed by atoms with Crippen molar-refractivity contribution in [3.05, 3.63) is 42.4 Å². The van der Waals surface area contributed by atoms with E-state index in [1.165, 1.54) is 22.7 Å². The molecule has 2 aromatic rings. The maximum atomic E-state index is 13.1. The van der Waals surface area contributed by atoms with Gasteiger partial charge < -0.3 is 23.7 Å². The molecule has 0 radical (unpaired) electrons. The van der Waals surface area contributed by atoms with Crippen LogP contribution in [0.4, 0.5) is 0 Å². The van der Waals surface area contributed by atoms with Crippen LogP contribution in [0.2, 0.25) is 0 Å². The summed E-state index contributed by atoms with van der Waals surface area (Å²) in [6.45, 7) is 2.96. The molecule has 3 aliphatic heterocycles. The van der Waals surface area contributed by atoms with E-state index < -0.39 is 10.0 Å². The van der Waals surface area contributed by atoms with E-state index in [9.17, 15) is 18.0 Å². The Labute approximate surface area is 198 Å². The summed E-state index contributed by atoms with van der Waals surface area (Å²) < 4.78 is 43.8. The highest BCUT2D eigenvalue weighted by Crippen LogP contribution is 2.33. The molecule has 2 amide bonds. The number of ether oxygens (including phenoxy) is 2. The van der Waals surface area contributed by atoms with Gasteiger partial charge in [-0.3, -0.25) is 9.59 Å². The fourth-order valence-corrected chi connectivity index (χ4v) is 6.06. The standard InChI is InChI=1S/C23H27N3O7S/c27-22(17-5-7-24(8-6-17)23(28)20-2-1-13-31-20)25-9-11-26(12-10-25)34(29,30)18-3-4-19-21(16-18)33-15-14-32-19/h1-4,13,16-17H,5-12,14-15H2. The van der Waals surface area contributed by atoms with Crippen molar-refractivity contribution >= 4 is 21.8 Å². The van der Waals surface area contributed by atoms with E-state index >= 15 is 0 Å². The third-order valence-corrected chi connectivity index (χ3v) is 8.46. The predicted octanol–water partition coefficient (Wildman–Crippen LogP) is 1.44. The van der Waals surface area contributed by atoms with Gasteiger partial charge in [0.05, 0.1) is 11.2 Å². The first-order valence-electron chi connectivity index (χ1n) is 11.4. The van der Waals surface area contributed by atoms with Crippen molar-refractivity contribution in [2.45, 2.75) is 17.7 Å². The lowest BCUT2D eigenvalue weighted by Crippen LogP contribution is -2.53. The monoisotopic (exact) mass is 489 g/mol. The third-order valence-electron chi connectivity index (χ3n) is 6.57. The smallest absolute Gasteiger partial charge is 0.289 e. The van der Waals surface area contributed by atoms with Gasteiger partial charge in [-0.15, -0.1) is 0 Å². The van der Waals surface area contributed by atoms with Gasteiger partial charge in [-0.1, -0.05) is 0 Å².